The van der Waals surface area contributed by atoms with Gasteiger partial charge in [-0.05, 0) is 31.2 Å². The molecule has 134 valence electrons. The molecule has 0 aliphatic heterocycles. The van der Waals surface area contributed by atoms with Crippen molar-refractivity contribution in [3.05, 3.63) is 61.2 Å². The van der Waals surface area contributed by atoms with Crippen LogP contribution in [-0.4, -0.2) is 28.4 Å². The summed E-state index contributed by atoms with van der Waals surface area (Å²) in [5.41, 5.74) is 0. The molecule has 1 heterocycles. The Morgan fingerprint density at radius 2 is 2.00 bits per heavy atom. The van der Waals surface area contributed by atoms with Gasteiger partial charge in [0.15, 0.2) is 5.16 Å². The zero-order valence-corrected chi connectivity index (χ0v) is 15.4. The number of hydrogen-bond donors (Lipinski definition) is 1. The standard InChI is InChI=1S/C16H19FN4O2S2/c1-4-10-21-15(19-20-16(21)24-12(3)5-2)11-18-25(22,23)14-8-6-13(17)7-9-14/h4-9,12,18H,1-2,10-11H2,3H3. The van der Waals surface area contributed by atoms with Gasteiger partial charge in [0.25, 0.3) is 0 Å². The molecule has 9 heteroatoms. The number of hydrogen-bond acceptors (Lipinski definition) is 5. The molecule has 1 unspecified atom stereocenters. The Bertz CT molecular complexity index is 848. The third-order valence-electron chi connectivity index (χ3n) is 3.27. The highest BCUT2D eigenvalue weighted by atomic mass is 32.2. The smallest absolute Gasteiger partial charge is 0.240 e. The SMILES string of the molecule is C=CCn1c(CNS(=O)(=O)c2ccc(F)cc2)nnc1SC(C)C=C. The number of allylic oxidation sites excluding steroid dienone is 1. The molecule has 0 aliphatic carbocycles. The molecule has 2 aromatic rings. The summed E-state index contributed by atoms with van der Waals surface area (Å²) in [5, 5.41) is 8.95. The van der Waals surface area contributed by atoms with E-state index in [0.717, 1.165) is 12.1 Å². The molecule has 1 aromatic carbocycles. The van der Waals surface area contributed by atoms with Gasteiger partial charge in [0.2, 0.25) is 10.0 Å². The predicted octanol–water partition coefficient (Wildman–Crippen LogP) is 2.75. The summed E-state index contributed by atoms with van der Waals surface area (Å²) in [4.78, 5) is -0.0152. The van der Waals surface area contributed by atoms with Gasteiger partial charge in [-0.25, -0.2) is 17.5 Å². The molecule has 6 nitrogen and oxygen atoms in total. The average molecular weight is 382 g/mol. The average Bonchev–Trinajstić information content (AvgIpc) is 2.95. The van der Waals surface area contributed by atoms with Gasteiger partial charge in [-0.3, -0.25) is 0 Å². The van der Waals surface area contributed by atoms with Gasteiger partial charge in [-0.1, -0.05) is 23.9 Å². The molecule has 2 rings (SSSR count). The molecule has 1 aromatic heterocycles. The van der Waals surface area contributed by atoms with Gasteiger partial charge < -0.3 is 4.57 Å². The first-order valence-corrected chi connectivity index (χ1v) is 9.81. The third-order valence-corrected chi connectivity index (χ3v) is 5.77. The van der Waals surface area contributed by atoms with Crippen LogP contribution >= 0.6 is 11.8 Å². The second kappa shape index (κ2) is 8.41. The van der Waals surface area contributed by atoms with Crippen molar-refractivity contribution >= 4 is 21.8 Å². The lowest BCUT2D eigenvalue weighted by Crippen LogP contribution is -2.25. The van der Waals surface area contributed by atoms with E-state index in [-0.39, 0.29) is 16.7 Å². The monoisotopic (exact) mass is 382 g/mol. The zero-order valence-electron chi connectivity index (χ0n) is 13.7. The molecular weight excluding hydrogens is 363 g/mol. The van der Waals surface area contributed by atoms with Gasteiger partial charge in [-0.15, -0.1) is 23.4 Å². The molecule has 0 fully saturated rings. The Labute approximate surface area is 150 Å². The molecule has 25 heavy (non-hydrogen) atoms. The fourth-order valence-electron chi connectivity index (χ4n) is 1.92. The molecular formula is C16H19FN4O2S2. The predicted molar refractivity (Wildman–Crippen MR) is 96.2 cm³/mol. The largest absolute Gasteiger partial charge is 0.301 e. The van der Waals surface area contributed by atoms with Crippen molar-refractivity contribution in [2.75, 3.05) is 0 Å². The van der Waals surface area contributed by atoms with Crippen LogP contribution in [0.2, 0.25) is 0 Å². The van der Waals surface area contributed by atoms with Crippen LogP contribution in [0.1, 0.15) is 12.7 Å². The van der Waals surface area contributed by atoms with Crippen LogP contribution in [0.25, 0.3) is 0 Å². The first-order chi connectivity index (χ1) is 11.9. The molecule has 0 radical (unpaired) electrons. The Balaban J connectivity index is 2.18. The normalized spacial score (nSPS) is 12.7. The molecule has 1 N–H and O–H groups in total. The first-order valence-electron chi connectivity index (χ1n) is 7.44. The van der Waals surface area contributed by atoms with Crippen molar-refractivity contribution in [1.82, 2.24) is 19.5 Å². The van der Waals surface area contributed by atoms with E-state index < -0.39 is 15.8 Å². The molecule has 0 saturated carbocycles. The quantitative estimate of drug-likeness (QED) is 0.533. The number of nitrogens with zero attached hydrogens (tertiary/aromatic N) is 3. The Morgan fingerprint density at radius 3 is 2.60 bits per heavy atom. The molecule has 0 aliphatic rings. The highest BCUT2D eigenvalue weighted by Gasteiger charge is 2.18. The summed E-state index contributed by atoms with van der Waals surface area (Å²) in [6.45, 7) is 9.82. The zero-order chi connectivity index (χ0) is 18.4. The Morgan fingerprint density at radius 1 is 1.32 bits per heavy atom. The summed E-state index contributed by atoms with van der Waals surface area (Å²) in [6, 6.07) is 4.61. The maximum atomic E-state index is 12.9. The highest BCUT2D eigenvalue weighted by Crippen LogP contribution is 2.23. The number of rotatable bonds is 9. The van der Waals surface area contributed by atoms with Crippen LogP contribution in [0, 0.1) is 5.82 Å². The van der Waals surface area contributed by atoms with Crippen molar-refractivity contribution in [2.24, 2.45) is 0 Å². The Kier molecular flexibility index (Phi) is 6.51. The number of halogens is 1. The number of thioether (sulfide) groups is 1. The third kappa shape index (κ3) is 5.00. The summed E-state index contributed by atoms with van der Waals surface area (Å²) in [7, 11) is -3.77. The van der Waals surface area contributed by atoms with Gasteiger partial charge >= 0.3 is 0 Å². The summed E-state index contributed by atoms with van der Waals surface area (Å²) >= 11 is 1.47. The summed E-state index contributed by atoms with van der Waals surface area (Å²) < 4.78 is 41.8. The maximum Gasteiger partial charge on any atom is 0.240 e. The van der Waals surface area contributed by atoms with Gasteiger partial charge in [0, 0.05) is 11.8 Å². The molecule has 0 amide bonds. The minimum atomic E-state index is -3.77. The lowest BCUT2D eigenvalue weighted by atomic mass is 10.4. The van der Waals surface area contributed by atoms with E-state index in [0.29, 0.717) is 17.5 Å². The molecule has 1 atom stereocenters. The number of nitrogens with one attached hydrogen (secondary N) is 1. The van der Waals surface area contributed by atoms with Crippen LogP contribution in [0.15, 0.2) is 59.6 Å². The lowest BCUT2D eigenvalue weighted by Gasteiger charge is -2.10. The number of sulfonamides is 1. The molecule has 0 bridgehead atoms. The Hall–Kier alpha value is -1.97. The molecule has 0 spiro atoms. The minimum Gasteiger partial charge on any atom is -0.301 e. The van der Waals surface area contributed by atoms with Crippen molar-refractivity contribution in [2.45, 2.75) is 35.3 Å². The first kappa shape index (κ1) is 19.4. The summed E-state index contributed by atoms with van der Waals surface area (Å²) in [6.07, 6.45) is 3.47. The van der Waals surface area contributed by atoms with E-state index in [1.807, 2.05) is 6.92 Å². The van der Waals surface area contributed by atoms with Crippen LogP contribution < -0.4 is 4.72 Å². The maximum absolute atomic E-state index is 12.9. The fraction of sp³-hybridized carbons (Fsp3) is 0.250. The minimum absolute atomic E-state index is 0.0152. The van der Waals surface area contributed by atoms with Crippen molar-refractivity contribution < 1.29 is 12.8 Å². The van der Waals surface area contributed by atoms with E-state index in [2.05, 4.69) is 28.1 Å². The van der Waals surface area contributed by atoms with E-state index in [4.69, 9.17) is 0 Å². The van der Waals surface area contributed by atoms with Crippen LogP contribution in [-0.2, 0) is 23.1 Å². The van der Waals surface area contributed by atoms with Crippen molar-refractivity contribution in [3.8, 4) is 0 Å². The molecule has 0 saturated heterocycles. The van der Waals surface area contributed by atoms with Gasteiger partial charge in [-0.2, -0.15) is 0 Å². The second-order valence-electron chi connectivity index (χ2n) is 5.14. The van der Waals surface area contributed by atoms with Crippen molar-refractivity contribution in [1.29, 1.82) is 0 Å². The van der Waals surface area contributed by atoms with Gasteiger partial charge in [0.1, 0.15) is 11.6 Å². The van der Waals surface area contributed by atoms with Crippen LogP contribution in [0.5, 0.6) is 0 Å². The number of aromatic nitrogens is 3. The van der Waals surface area contributed by atoms with E-state index in [9.17, 15) is 12.8 Å². The van der Waals surface area contributed by atoms with Crippen LogP contribution in [0.3, 0.4) is 0 Å². The van der Waals surface area contributed by atoms with Crippen LogP contribution in [0.4, 0.5) is 4.39 Å². The second-order valence-corrected chi connectivity index (χ2v) is 8.25. The summed E-state index contributed by atoms with van der Waals surface area (Å²) in [5.74, 6) is -0.0352. The van der Waals surface area contributed by atoms with Gasteiger partial charge in [0.05, 0.1) is 11.4 Å². The highest BCUT2D eigenvalue weighted by molar-refractivity contribution is 7.99. The van der Waals surface area contributed by atoms with Crippen molar-refractivity contribution in [3.63, 3.8) is 0 Å². The fourth-order valence-corrected chi connectivity index (χ4v) is 3.72. The van der Waals surface area contributed by atoms with E-state index >= 15 is 0 Å². The number of benzene rings is 1. The topological polar surface area (TPSA) is 76.9 Å². The van der Waals surface area contributed by atoms with E-state index in [1.54, 1.807) is 16.7 Å². The lowest BCUT2D eigenvalue weighted by molar-refractivity contribution is 0.574. The van der Waals surface area contributed by atoms with E-state index in [1.165, 1.54) is 23.9 Å².